The van der Waals surface area contributed by atoms with Gasteiger partial charge in [0.1, 0.15) is 18.0 Å². The van der Waals surface area contributed by atoms with E-state index in [1.807, 2.05) is 45.0 Å². The Morgan fingerprint density at radius 2 is 1.43 bits per heavy atom. The Morgan fingerprint density at radius 3 is 2.03 bits per heavy atom. The molecule has 5 nitrogen and oxygen atoms in total. The van der Waals surface area contributed by atoms with Crippen molar-refractivity contribution in [3.05, 3.63) is 95.3 Å². The highest BCUT2D eigenvalue weighted by Crippen LogP contribution is 2.44. The Labute approximate surface area is 217 Å². The first-order valence-electron chi connectivity index (χ1n) is 12.8. The van der Waals surface area contributed by atoms with E-state index in [0.717, 1.165) is 11.1 Å². The number of nitrogens with zero attached hydrogens (tertiary/aromatic N) is 1. The van der Waals surface area contributed by atoms with Crippen molar-refractivity contribution in [2.75, 3.05) is 19.7 Å². The molecule has 0 N–H and O–H groups in total. The normalized spacial score (nSPS) is 18.9. The number of halogens is 1. The minimum Gasteiger partial charge on any atom is -0.465 e. The predicted molar refractivity (Wildman–Crippen MR) is 140 cm³/mol. The molecule has 1 heterocycles. The molecule has 0 unspecified atom stereocenters. The van der Waals surface area contributed by atoms with Crippen LogP contribution >= 0.6 is 0 Å². The molecular weight excluding hydrogens is 469 g/mol. The van der Waals surface area contributed by atoms with E-state index in [2.05, 4.69) is 24.3 Å². The molecule has 1 amide bonds. The summed E-state index contributed by atoms with van der Waals surface area (Å²) in [7, 11) is 0. The second-order valence-electron chi connectivity index (χ2n) is 10.9. The Balaban J connectivity index is 1.30. The molecular formula is C31H32FNO4. The second kappa shape index (κ2) is 10.0. The monoisotopic (exact) mass is 501 g/mol. The van der Waals surface area contributed by atoms with Gasteiger partial charge in [-0.2, -0.15) is 0 Å². The summed E-state index contributed by atoms with van der Waals surface area (Å²) in [6.07, 6.45) is -0.363. The van der Waals surface area contributed by atoms with Crippen LogP contribution in [0.2, 0.25) is 0 Å². The zero-order chi connectivity index (χ0) is 26.2. The van der Waals surface area contributed by atoms with Crippen molar-refractivity contribution in [3.63, 3.8) is 0 Å². The van der Waals surface area contributed by atoms with E-state index in [1.165, 1.54) is 17.2 Å². The molecule has 1 aliphatic heterocycles. The molecule has 1 aliphatic carbocycles. The highest BCUT2D eigenvalue weighted by Gasteiger charge is 2.40. The Morgan fingerprint density at radius 1 is 0.865 bits per heavy atom. The number of hydrogen-bond acceptors (Lipinski definition) is 4. The van der Waals surface area contributed by atoms with Gasteiger partial charge in [-0.05, 0) is 60.6 Å². The van der Waals surface area contributed by atoms with Crippen LogP contribution in [0.4, 0.5) is 9.18 Å². The molecule has 1 fully saturated rings. The lowest BCUT2D eigenvalue weighted by Gasteiger charge is -2.24. The molecule has 5 rings (SSSR count). The van der Waals surface area contributed by atoms with Gasteiger partial charge < -0.3 is 14.4 Å². The maximum atomic E-state index is 14.7. The number of rotatable bonds is 5. The molecule has 3 aromatic rings. The average molecular weight is 502 g/mol. The molecule has 0 bridgehead atoms. The van der Waals surface area contributed by atoms with E-state index >= 15 is 0 Å². The average Bonchev–Trinajstić information content (AvgIpc) is 3.41. The smallest absolute Gasteiger partial charge is 0.410 e. The lowest BCUT2D eigenvalue weighted by molar-refractivity contribution is -0.145. The molecule has 0 saturated carbocycles. The maximum absolute atomic E-state index is 14.7. The van der Waals surface area contributed by atoms with Crippen LogP contribution in [0.25, 0.3) is 11.1 Å². The maximum Gasteiger partial charge on any atom is 0.410 e. The number of ether oxygens (including phenoxy) is 2. The number of hydrogen-bond donors (Lipinski definition) is 0. The Bertz CT molecular complexity index is 1270. The summed E-state index contributed by atoms with van der Waals surface area (Å²) >= 11 is 0. The number of carbonyl (C=O) groups is 2. The second-order valence-corrected chi connectivity index (χ2v) is 10.9. The van der Waals surface area contributed by atoms with Crippen molar-refractivity contribution in [2.24, 2.45) is 5.92 Å². The number of amides is 1. The lowest BCUT2D eigenvalue weighted by Crippen LogP contribution is -2.35. The number of likely N-dealkylation sites (tertiary alicyclic amines) is 1. The number of carbonyl (C=O) groups excluding carboxylic acids is 2. The van der Waals surface area contributed by atoms with Gasteiger partial charge in [-0.3, -0.25) is 4.79 Å². The minimum absolute atomic E-state index is 0.0273. The summed E-state index contributed by atoms with van der Waals surface area (Å²) in [6, 6.07) is 22.9. The van der Waals surface area contributed by atoms with Gasteiger partial charge in [-0.15, -0.1) is 0 Å². The summed E-state index contributed by atoms with van der Waals surface area (Å²) in [5.41, 5.74) is 4.50. The van der Waals surface area contributed by atoms with Gasteiger partial charge in [0.25, 0.3) is 0 Å². The summed E-state index contributed by atoms with van der Waals surface area (Å²) in [4.78, 5) is 27.5. The van der Waals surface area contributed by atoms with Crippen molar-refractivity contribution < 1.29 is 23.5 Å². The standard InChI is InChI=1S/C31H32FNO4/c1-31(2,3)37-30(35)33-17-20(26(18-33)25-14-8-9-15-28(25)32)16-29(34)36-19-27-23-12-6-4-10-21(23)22-11-5-7-13-24(22)27/h4-15,20,26-27H,16-19H2,1-3H3/t20-,26-/m0/s1. The fourth-order valence-corrected chi connectivity index (χ4v) is 5.57. The highest BCUT2D eigenvalue weighted by molar-refractivity contribution is 5.79. The van der Waals surface area contributed by atoms with Gasteiger partial charge in [-0.1, -0.05) is 66.7 Å². The molecule has 3 aromatic carbocycles. The van der Waals surface area contributed by atoms with Crippen LogP contribution in [0.1, 0.15) is 55.7 Å². The fraction of sp³-hybridized carbons (Fsp3) is 0.355. The number of fused-ring (bicyclic) bond motifs is 3. The number of esters is 1. The molecule has 6 heteroatoms. The Kier molecular flexibility index (Phi) is 6.76. The minimum atomic E-state index is -0.643. The first-order chi connectivity index (χ1) is 17.7. The summed E-state index contributed by atoms with van der Waals surface area (Å²) in [6.45, 7) is 6.26. The van der Waals surface area contributed by atoms with Crippen molar-refractivity contribution in [1.82, 2.24) is 4.90 Å². The molecule has 0 radical (unpaired) electrons. The van der Waals surface area contributed by atoms with Crippen LogP contribution in [-0.2, 0) is 14.3 Å². The van der Waals surface area contributed by atoms with Gasteiger partial charge in [0.05, 0.1) is 6.42 Å². The van der Waals surface area contributed by atoms with Gasteiger partial charge in [0, 0.05) is 24.9 Å². The quantitative estimate of drug-likeness (QED) is 0.374. The van der Waals surface area contributed by atoms with Gasteiger partial charge in [0.2, 0.25) is 0 Å². The molecule has 0 aromatic heterocycles. The van der Waals surface area contributed by atoms with E-state index in [-0.39, 0.29) is 49.1 Å². The molecule has 37 heavy (non-hydrogen) atoms. The van der Waals surface area contributed by atoms with E-state index < -0.39 is 11.7 Å². The SMILES string of the molecule is CC(C)(C)OC(=O)N1C[C@H](CC(=O)OCC2c3ccccc3-c3ccccc32)[C@@H](c2ccccc2F)C1. The van der Waals surface area contributed by atoms with Crippen LogP contribution < -0.4 is 0 Å². The lowest BCUT2D eigenvalue weighted by atomic mass is 9.86. The fourth-order valence-electron chi connectivity index (χ4n) is 5.57. The van der Waals surface area contributed by atoms with Gasteiger partial charge in [-0.25, -0.2) is 9.18 Å². The molecule has 192 valence electrons. The third-order valence-electron chi connectivity index (χ3n) is 7.20. The van der Waals surface area contributed by atoms with Crippen LogP contribution in [0.5, 0.6) is 0 Å². The highest BCUT2D eigenvalue weighted by atomic mass is 19.1. The van der Waals surface area contributed by atoms with Gasteiger partial charge >= 0.3 is 12.1 Å². The molecule has 0 spiro atoms. The third kappa shape index (κ3) is 5.24. The summed E-state index contributed by atoms with van der Waals surface area (Å²) in [5, 5.41) is 0. The van der Waals surface area contributed by atoms with E-state index in [9.17, 15) is 14.0 Å². The van der Waals surface area contributed by atoms with E-state index in [0.29, 0.717) is 12.1 Å². The largest absolute Gasteiger partial charge is 0.465 e. The first kappa shape index (κ1) is 25.0. The molecule has 2 aliphatic rings. The first-order valence-corrected chi connectivity index (χ1v) is 12.8. The topological polar surface area (TPSA) is 55.8 Å². The van der Waals surface area contributed by atoms with Crippen LogP contribution in [0, 0.1) is 11.7 Å². The van der Waals surface area contributed by atoms with Crippen molar-refractivity contribution >= 4 is 12.1 Å². The zero-order valence-electron chi connectivity index (χ0n) is 21.4. The third-order valence-corrected chi connectivity index (χ3v) is 7.20. The molecule has 1 saturated heterocycles. The van der Waals surface area contributed by atoms with E-state index in [4.69, 9.17) is 9.47 Å². The number of benzene rings is 3. The van der Waals surface area contributed by atoms with E-state index in [1.54, 1.807) is 23.1 Å². The van der Waals surface area contributed by atoms with Crippen molar-refractivity contribution in [1.29, 1.82) is 0 Å². The van der Waals surface area contributed by atoms with Gasteiger partial charge in [0.15, 0.2) is 0 Å². The van der Waals surface area contributed by atoms with Crippen LogP contribution in [0.15, 0.2) is 72.8 Å². The zero-order valence-corrected chi connectivity index (χ0v) is 21.4. The predicted octanol–water partition coefficient (Wildman–Crippen LogP) is 6.52. The van der Waals surface area contributed by atoms with Crippen molar-refractivity contribution in [3.8, 4) is 11.1 Å². The summed E-state index contributed by atoms with van der Waals surface area (Å²) < 4.78 is 26.1. The van der Waals surface area contributed by atoms with Crippen LogP contribution in [-0.4, -0.2) is 42.3 Å². The van der Waals surface area contributed by atoms with Crippen molar-refractivity contribution in [2.45, 2.75) is 44.6 Å². The Hall–Kier alpha value is -3.67. The van der Waals surface area contributed by atoms with Crippen LogP contribution in [0.3, 0.4) is 0 Å². The summed E-state index contributed by atoms with van der Waals surface area (Å²) in [5.74, 6) is -1.31. The molecule has 2 atom stereocenters.